The van der Waals surface area contributed by atoms with E-state index in [1.807, 2.05) is 18.2 Å². The number of benzene rings is 1. The first-order valence-corrected chi connectivity index (χ1v) is 8.44. The van der Waals surface area contributed by atoms with Gasteiger partial charge in [-0.25, -0.2) is 15.2 Å². The molecular weight excluding hydrogens is 335 g/mol. The van der Waals surface area contributed by atoms with Crippen molar-refractivity contribution in [2.75, 3.05) is 25.5 Å². The molecule has 0 aliphatic carbocycles. The highest BCUT2D eigenvalue weighted by molar-refractivity contribution is 5.98. The fourth-order valence-electron chi connectivity index (χ4n) is 3.06. The van der Waals surface area contributed by atoms with Crippen LogP contribution in [0.2, 0.25) is 0 Å². The second-order valence-electron chi connectivity index (χ2n) is 6.46. The van der Waals surface area contributed by atoms with Crippen LogP contribution in [-0.2, 0) is 4.79 Å². The lowest BCUT2D eigenvalue weighted by atomic mass is 9.93. The first-order chi connectivity index (χ1) is 12.4. The Balaban J connectivity index is 1.87. The van der Waals surface area contributed by atoms with E-state index in [4.69, 9.17) is 11.6 Å². The number of carbonyl (C=O) groups is 1. The number of halogens is 1. The summed E-state index contributed by atoms with van der Waals surface area (Å²) in [5, 5.41) is 8.81. The van der Waals surface area contributed by atoms with Crippen molar-refractivity contribution < 1.29 is 9.18 Å². The van der Waals surface area contributed by atoms with Crippen LogP contribution in [0.4, 0.5) is 10.2 Å². The summed E-state index contributed by atoms with van der Waals surface area (Å²) >= 11 is 0. The first-order valence-electron chi connectivity index (χ1n) is 8.44. The maximum atomic E-state index is 14.7. The maximum Gasteiger partial charge on any atom is 0.263 e. The van der Waals surface area contributed by atoms with Crippen molar-refractivity contribution in [1.82, 2.24) is 15.3 Å². The normalized spacial score (nSPS) is 17.1. The van der Waals surface area contributed by atoms with Gasteiger partial charge in [0.1, 0.15) is 5.82 Å². The molecule has 0 atom stereocenters. The Morgan fingerprint density at radius 1 is 1.35 bits per heavy atom. The lowest BCUT2D eigenvalue weighted by Gasteiger charge is -2.28. The van der Waals surface area contributed by atoms with Crippen molar-refractivity contribution in [3.63, 3.8) is 0 Å². The van der Waals surface area contributed by atoms with Gasteiger partial charge in [-0.15, -0.1) is 0 Å². The van der Waals surface area contributed by atoms with Gasteiger partial charge in [-0.2, -0.15) is 0 Å². The number of aromatic nitrogens is 1. The minimum absolute atomic E-state index is 0.157. The SMILES string of the molecule is CN(N)/C(=C\N)c1ccc2cnc(NC(=O)C3(F)CCNCC3)cc2c1. The van der Waals surface area contributed by atoms with Gasteiger partial charge in [0.2, 0.25) is 0 Å². The van der Waals surface area contributed by atoms with Crippen molar-refractivity contribution in [3.8, 4) is 0 Å². The predicted molar refractivity (Wildman–Crippen MR) is 100 cm³/mol. The molecule has 7 nitrogen and oxygen atoms in total. The summed E-state index contributed by atoms with van der Waals surface area (Å²) in [6.45, 7) is 0.971. The number of alkyl halides is 1. The number of nitrogens with one attached hydrogen (secondary N) is 2. The number of anilines is 1. The Hall–Kier alpha value is -2.71. The number of fused-ring (bicyclic) bond motifs is 1. The Labute approximate surface area is 151 Å². The highest BCUT2D eigenvalue weighted by atomic mass is 19.1. The number of rotatable bonds is 4. The summed E-state index contributed by atoms with van der Waals surface area (Å²) in [5.74, 6) is 5.45. The summed E-state index contributed by atoms with van der Waals surface area (Å²) in [7, 11) is 1.70. The van der Waals surface area contributed by atoms with Gasteiger partial charge < -0.3 is 21.4 Å². The second kappa shape index (κ2) is 7.27. The van der Waals surface area contributed by atoms with Crippen molar-refractivity contribution >= 4 is 28.2 Å². The predicted octanol–water partition coefficient (Wildman–Crippen LogP) is 1.33. The molecule has 3 rings (SSSR count). The zero-order chi connectivity index (χ0) is 18.7. The molecular formula is C18H23FN6O. The number of nitrogens with two attached hydrogens (primary N) is 2. The van der Waals surface area contributed by atoms with E-state index < -0.39 is 11.6 Å². The number of pyridine rings is 1. The van der Waals surface area contributed by atoms with E-state index in [0.29, 0.717) is 24.6 Å². The molecule has 1 fully saturated rings. The van der Waals surface area contributed by atoms with Crippen LogP contribution >= 0.6 is 0 Å². The number of amides is 1. The molecule has 2 heterocycles. The average molecular weight is 358 g/mol. The smallest absolute Gasteiger partial charge is 0.263 e. The molecule has 2 aromatic rings. The molecule has 8 heteroatoms. The van der Waals surface area contributed by atoms with Gasteiger partial charge in [-0.3, -0.25) is 4.79 Å². The number of hydrazine groups is 1. The molecule has 1 aromatic carbocycles. The molecule has 6 N–H and O–H groups in total. The van der Waals surface area contributed by atoms with Crippen LogP contribution in [0.25, 0.3) is 16.5 Å². The third kappa shape index (κ3) is 3.61. The highest BCUT2D eigenvalue weighted by Gasteiger charge is 2.39. The van der Waals surface area contributed by atoms with Crippen molar-refractivity contribution in [2.24, 2.45) is 11.6 Å². The van der Waals surface area contributed by atoms with Gasteiger partial charge in [0, 0.05) is 43.2 Å². The van der Waals surface area contributed by atoms with Crippen LogP contribution in [0.15, 0.2) is 36.7 Å². The van der Waals surface area contributed by atoms with E-state index in [2.05, 4.69) is 15.6 Å². The number of carbonyl (C=O) groups excluding carboxylic acids is 1. The van der Waals surface area contributed by atoms with E-state index in [-0.39, 0.29) is 12.8 Å². The minimum Gasteiger partial charge on any atom is -0.403 e. The standard InChI is InChI=1S/C18H23FN6O/c1-25(21)15(10-20)12-2-3-13-11-23-16(9-14(13)8-12)24-17(26)18(19)4-6-22-7-5-18/h2-3,8-11,22H,4-7,20-21H2,1H3,(H,23,24,26)/b15-10-. The lowest BCUT2D eigenvalue weighted by molar-refractivity contribution is -0.129. The van der Waals surface area contributed by atoms with E-state index in [1.54, 1.807) is 19.3 Å². The quantitative estimate of drug-likeness (QED) is 0.485. The molecule has 1 aromatic heterocycles. The zero-order valence-electron chi connectivity index (χ0n) is 14.6. The van der Waals surface area contributed by atoms with Gasteiger partial charge in [-0.05, 0) is 30.6 Å². The van der Waals surface area contributed by atoms with Crippen molar-refractivity contribution in [1.29, 1.82) is 0 Å². The fourth-order valence-corrected chi connectivity index (χ4v) is 3.06. The van der Waals surface area contributed by atoms with Gasteiger partial charge in [0.25, 0.3) is 5.91 Å². The molecule has 0 unspecified atom stereocenters. The Bertz CT molecular complexity index is 845. The van der Waals surface area contributed by atoms with Gasteiger partial charge in [0.15, 0.2) is 5.67 Å². The third-order valence-corrected chi connectivity index (χ3v) is 4.60. The maximum absolute atomic E-state index is 14.7. The van der Waals surface area contributed by atoms with Crippen LogP contribution in [0, 0.1) is 0 Å². The van der Waals surface area contributed by atoms with Gasteiger partial charge in [-0.1, -0.05) is 12.1 Å². The van der Waals surface area contributed by atoms with Crippen LogP contribution in [0.3, 0.4) is 0 Å². The molecule has 1 aliphatic heterocycles. The summed E-state index contributed by atoms with van der Waals surface area (Å²) in [5.41, 5.74) is 5.27. The largest absolute Gasteiger partial charge is 0.403 e. The molecule has 0 bridgehead atoms. The molecule has 0 spiro atoms. The monoisotopic (exact) mass is 358 g/mol. The van der Waals surface area contributed by atoms with Crippen molar-refractivity contribution in [2.45, 2.75) is 18.5 Å². The highest BCUT2D eigenvalue weighted by Crippen LogP contribution is 2.26. The number of hydrogen-bond donors (Lipinski definition) is 4. The fraction of sp³-hybridized carbons (Fsp3) is 0.333. The van der Waals surface area contributed by atoms with Crippen LogP contribution in [0.1, 0.15) is 18.4 Å². The van der Waals surface area contributed by atoms with E-state index >= 15 is 0 Å². The Kier molecular flexibility index (Phi) is 5.06. The molecule has 1 aliphatic rings. The van der Waals surface area contributed by atoms with Gasteiger partial charge >= 0.3 is 0 Å². The summed E-state index contributed by atoms with van der Waals surface area (Å²) in [6, 6.07) is 7.38. The zero-order valence-corrected chi connectivity index (χ0v) is 14.6. The molecule has 0 radical (unpaired) electrons. The molecule has 138 valence electrons. The Morgan fingerprint density at radius 2 is 2.08 bits per heavy atom. The van der Waals surface area contributed by atoms with E-state index in [9.17, 15) is 9.18 Å². The molecule has 0 saturated carbocycles. The topological polar surface area (TPSA) is 109 Å². The van der Waals surface area contributed by atoms with Crippen LogP contribution in [-0.4, -0.2) is 41.7 Å². The summed E-state index contributed by atoms with van der Waals surface area (Å²) < 4.78 is 14.7. The summed E-state index contributed by atoms with van der Waals surface area (Å²) in [6.07, 6.45) is 3.38. The van der Waals surface area contributed by atoms with Gasteiger partial charge in [0.05, 0.1) is 5.70 Å². The van der Waals surface area contributed by atoms with Crippen LogP contribution in [0.5, 0.6) is 0 Å². The minimum atomic E-state index is -1.86. The number of hydrogen-bond acceptors (Lipinski definition) is 6. The first kappa shape index (κ1) is 18.1. The molecule has 1 amide bonds. The van der Waals surface area contributed by atoms with Crippen LogP contribution < -0.4 is 22.2 Å². The lowest BCUT2D eigenvalue weighted by Crippen LogP contribution is -2.47. The second-order valence-corrected chi connectivity index (χ2v) is 6.46. The third-order valence-electron chi connectivity index (χ3n) is 4.60. The van der Waals surface area contributed by atoms with Crippen molar-refractivity contribution in [3.05, 3.63) is 42.2 Å². The number of piperidine rings is 1. The number of nitrogens with zero attached hydrogens (tertiary/aromatic N) is 2. The Morgan fingerprint density at radius 3 is 2.73 bits per heavy atom. The summed E-state index contributed by atoms with van der Waals surface area (Å²) in [4.78, 5) is 16.5. The molecule has 26 heavy (non-hydrogen) atoms. The van der Waals surface area contributed by atoms with E-state index in [1.165, 1.54) is 11.2 Å². The average Bonchev–Trinajstić information content (AvgIpc) is 2.62. The molecule has 1 saturated heterocycles. The van der Waals surface area contributed by atoms with E-state index in [0.717, 1.165) is 16.3 Å².